The van der Waals surface area contributed by atoms with Crippen LogP contribution in [0, 0.1) is 5.41 Å². The van der Waals surface area contributed by atoms with Crippen LogP contribution in [0.15, 0.2) is 12.7 Å². The van der Waals surface area contributed by atoms with Crippen molar-refractivity contribution in [3.05, 3.63) is 12.7 Å². The van der Waals surface area contributed by atoms with Crippen molar-refractivity contribution in [1.82, 2.24) is 0 Å². The summed E-state index contributed by atoms with van der Waals surface area (Å²) in [4.78, 5) is 0. The van der Waals surface area contributed by atoms with Crippen LogP contribution in [0.25, 0.3) is 0 Å². The SMILES string of the molecule is C=CCCC(C(C)(C)C)S(N)(=O)=O. The van der Waals surface area contributed by atoms with Gasteiger partial charge in [-0.2, -0.15) is 0 Å². The second kappa shape index (κ2) is 4.24. The highest BCUT2D eigenvalue weighted by Crippen LogP contribution is 2.27. The van der Waals surface area contributed by atoms with E-state index in [1.165, 1.54) is 0 Å². The van der Waals surface area contributed by atoms with Crippen molar-refractivity contribution in [3.63, 3.8) is 0 Å². The summed E-state index contributed by atoms with van der Waals surface area (Å²) in [6.07, 6.45) is 2.94. The highest BCUT2D eigenvalue weighted by atomic mass is 32.2. The Hall–Kier alpha value is -0.350. The molecule has 0 aromatic carbocycles. The number of rotatable bonds is 4. The van der Waals surface area contributed by atoms with E-state index in [0.717, 1.165) is 0 Å². The van der Waals surface area contributed by atoms with Gasteiger partial charge in [0, 0.05) is 0 Å². The molecule has 0 aromatic rings. The van der Waals surface area contributed by atoms with Crippen LogP contribution in [0.5, 0.6) is 0 Å². The van der Waals surface area contributed by atoms with E-state index in [1.54, 1.807) is 6.08 Å². The Balaban J connectivity index is 4.68. The van der Waals surface area contributed by atoms with Crippen molar-refractivity contribution in [3.8, 4) is 0 Å². The first-order valence-corrected chi connectivity index (χ1v) is 5.93. The lowest BCUT2D eigenvalue weighted by molar-refractivity contribution is 0.364. The molecule has 0 aliphatic heterocycles. The van der Waals surface area contributed by atoms with Crippen LogP contribution in [0.1, 0.15) is 33.6 Å². The van der Waals surface area contributed by atoms with Gasteiger partial charge < -0.3 is 0 Å². The predicted octanol–water partition coefficient (Wildman–Crippen LogP) is 1.66. The number of hydrogen-bond donors (Lipinski definition) is 1. The zero-order valence-corrected chi connectivity index (χ0v) is 9.39. The van der Waals surface area contributed by atoms with Crippen molar-refractivity contribution < 1.29 is 8.42 Å². The Labute approximate surface area is 81.1 Å². The summed E-state index contributed by atoms with van der Waals surface area (Å²) in [5, 5.41) is 4.66. The van der Waals surface area contributed by atoms with E-state index >= 15 is 0 Å². The van der Waals surface area contributed by atoms with Crippen LogP contribution < -0.4 is 5.14 Å². The van der Waals surface area contributed by atoms with Gasteiger partial charge in [0.15, 0.2) is 0 Å². The molecule has 0 saturated carbocycles. The first kappa shape index (κ1) is 12.7. The average molecular weight is 205 g/mol. The van der Waals surface area contributed by atoms with Crippen molar-refractivity contribution >= 4 is 10.0 Å². The van der Waals surface area contributed by atoms with Crippen molar-refractivity contribution in [2.45, 2.75) is 38.9 Å². The van der Waals surface area contributed by atoms with Gasteiger partial charge in [-0.15, -0.1) is 6.58 Å². The third-order valence-corrected chi connectivity index (χ3v) is 3.73. The quantitative estimate of drug-likeness (QED) is 0.709. The minimum Gasteiger partial charge on any atom is -0.228 e. The Bertz CT molecular complexity index is 262. The second-order valence-electron chi connectivity index (χ2n) is 4.31. The smallest absolute Gasteiger partial charge is 0.212 e. The molecule has 13 heavy (non-hydrogen) atoms. The maximum absolute atomic E-state index is 11.2. The lowest BCUT2D eigenvalue weighted by atomic mass is 9.89. The molecule has 1 atom stereocenters. The lowest BCUT2D eigenvalue weighted by Gasteiger charge is -2.28. The first-order chi connectivity index (χ1) is 5.69. The van der Waals surface area contributed by atoms with Crippen molar-refractivity contribution in [1.29, 1.82) is 0 Å². The molecule has 78 valence electrons. The molecule has 0 bridgehead atoms. The van der Waals surface area contributed by atoms with Gasteiger partial charge in [0.2, 0.25) is 10.0 Å². The van der Waals surface area contributed by atoms with Crippen LogP contribution in [-0.2, 0) is 10.0 Å². The third kappa shape index (κ3) is 4.43. The molecule has 1 unspecified atom stereocenters. The number of nitrogens with two attached hydrogens (primary N) is 1. The summed E-state index contributed by atoms with van der Waals surface area (Å²) in [6.45, 7) is 9.20. The minimum atomic E-state index is -3.44. The van der Waals surface area contributed by atoms with Crippen LogP contribution >= 0.6 is 0 Å². The summed E-state index contributed by atoms with van der Waals surface area (Å²) in [6, 6.07) is 0. The molecule has 0 fully saturated rings. The summed E-state index contributed by atoms with van der Waals surface area (Å²) >= 11 is 0. The lowest BCUT2D eigenvalue weighted by Crippen LogP contribution is -2.38. The van der Waals surface area contributed by atoms with Crippen LogP contribution in [-0.4, -0.2) is 13.7 Å². The van der Waals surface area contributed by atoms with Crippen molar-refractivity contribution in [2.24, 2.45) is 10.6 Å². The van der Waals surface area contributed by atoms with Gasteiger partial charge in [0.05, 0.1) is 5.25 Å². The minimum absolute atomic E-state index is 0.309. The standard InChI is InChI=1S/C9H19NO2S/c1-5-6-7-8(9(2,3)4)13(10,11)12/h5,8H,1,6-7H2,2-4H3,(H2,10,11,12). The summed E-state index contributed by atoms with van der Waals surface area (Å²) < 4.78 is 22.5. The molecule has 0 amide bonds. The topological polar surface area (TPSA) is 60.2 Å². The van der Waals surface area contributed by atoms with Gasteiger partial charge in [-0.1, -0.05) is 26.8 Å². The van der Waals surface area contributed by atoms with Gasteiger partial charge in [0.25, 0.3) is 0 Å². The molecule has 0 aliphatic carbocycles. The zero-order chi connectivity index (χ0) is 10.7. The molecule has 0 aromatic heterocycles. The third-order valence-electron chi connectivity index (χ3n) is 2.00. The monoisotopic (exact) mass is 205 g/mol. The molecule has 0 spiro atoms. The molecule has 0 aliphatic rings. The van der Waals surface area contributed by atoms with Gasteiger partial charge in [-0.05, 0) is 18.3 Å². The fourth-order valence-electron chi connectivity index (χ4n) is 1.36. The maximum Gasteiger partial charge on any atom is 0.212 e. The molecule has 0 rings (SSSR count). The summed E-state index contributed by atoms with van der Waals surface area (Å²) in [5.74, 6) is 0. The molecule has 0 heterocycles. The fraction of sp³-hybridized carbons (Fsp3) is 0.778. The van der Waals surface area contributed by atoms with E-state index in [0.29, 0.717) is 12.8 Å². The maximum atomic E-state index is 11.2. The van der Waals surface area contributed by atoms with Gasteiger partial charge in [-0.25, -0.2) is 13.6 Å². The zero-order valence-electron chi connectivity index (χ0n) is 8.58. The summed E-state index contributed by atoms with van der Waals surface area (Å²) in [5.41, 5.74) is -0.309. The van der Waals surface area contributed by atoms with Gasteiger partial charge >= 0.3 is 0 Å². The Morgan fingerprint density at radius 3 is 2.15 bits per heavy atom. The van der Waals surface area contributed by atoms with E-state index in [9.17, 15) is 8.42 Å². The van der Waals surface area contributed by atoms with Crippen LogP contribution in [0.3, 0.4) is 0 Å². The second-order valence-corrected chi connectivity index (χ2v) is 6.06. The highest BCUT2D eigenvalue weighted by molar-refractivity contribution is 7.89. The molecule has 3 nitrogen and oxygen atoms in total. The average Bonchev–Trinajstić information content (AvgIpc) is 1.81. The predicted molar refractivity (Wildman–Crippen MR) is 55.8 cm³/mol. The van der Waals surface area contributed by atoms with E-state index < -0.39 is 15.3 Å². The van der Waals surface area contributed by atoms with Crippen LogP contribution in [0.4, 0.5) is 0 Å². The largest absolute Gasteiger partial charge is 0.228 e. The van der Waals surface area contributed by atoms with E-state index in [1.807, 2.05) is 20.8 Å². The molecule has 0 saturated heterocycles. The molecule has 2 N–H and O–H groups in total. The van der Waals surface area contributed by atoms with Gasteiger partial charge in [-0.3, -0.25) is 0 Å². The number of sulfonamides is 1. The number of primary sulfonamides is 1. The van der Waals surface area contributed by atoms with E-state index in [-0.39, 0.29) is 5.41 Å². The van der Waals surface area contributed by atoms with Gasteiger partial charge in [0.1, 0.15) is 0 Å². The Morgan fingerprint density at radius 1 is 1.46 bits per heavy atom. The number of allylic oxidation sites excluding steroid dienone is 1. The molecular weight excluding hydrogens is 186 g/mol. The van der Waals surface area contributed by atoms with E-state index in [2.05, 4.69) is 6.58 Å². The summed E-state index contributed by atoms with van der Waals surface area (Å²) in [7, 11) is -3.44. The molecular formula is C9H19NO2S. The Kier molecular flexibility index (Phi) is 4.13. The highest BCUT2D eigenvalue weighted by Gasteiger charge is 2.32. The van der Waals surface area contributed by atoms with Crippen LogP contribution in [0.2, 0.25) is 0 Å². The fourth-order valence-corrected chi connectivity index (χ4v) is 2.81. The van der Waals surface area contributed by atoms with Crippen molar-refractivity contribution in [2.75, 3.05) is 0 Å². The number of hydrogen-bond acceptors (Lipinski definition) is 2. The Morgan fingerprint density at radius 2 is 1.92 bits per heavy atom. The molecule has 4 heteroatoms. The first-order valence-electron chi connectivity index (χ1n) is 4.32. The van der Waals surface area contributed by atoms with E-state index in [4.69, 9.17) is 5.14 Å². The molecule has 0 radical (unpaired) electrons. The normalized spacial score (nSPS) is 15.4.